The van der Waals surface area contributed by atoms with Gasteiger partial charge in [-0.25, -0.2) is 4.39 Å². The summed E-state index contributed by atoms with van der Waals surface area (Å²) in [4.78, 5) is 22.8. The molecule has 0 spiro atoms. The number of hydrogen-bond donors (Lipinski definition) is 1. The number of nitrogens with zero attached hydrogens (tertiary/aromatic N) is 3. The lowest BCUT2D eigenvalue weighted by Crippen LogP contribution is -2.50. The molecule has 5 rings (SSSR count). The highest BCUT2D eigenvalue weighted by atomic mass is 19.1. The van der Waals surface area contributed by atoms with E-state index in [1.54, 1.807) is 0 Å². The van der Waals surface area contributed by atoms with Gasteiger partial charge >= 0.3 is 0 Å². The van der Waals surface area contributed by atoms with Gasteiger partial charge in [0.1, 0.15) is 5.82 Å². The van der Waals surface area contributed by atoms with Gasteiger partial charge in [0.05, 0.1) is 6.54 Å². The molecule has 0 bridgehead atoms. The fourth-order valence-corrected chi connectivity index (χ4v) is 5.02. The van der Waals surface area contributed by atoms with Gasteiger partial charge in [0, 0.05) is 62.4 Å². The number of benzene rings is 2. The summed E-state index contributed by atoms with van der Waals surface area (Å²) in [6.07, 6.45) is 3.23. The van der Waals surface area contributed by atoms with Gasteiger partial charge in [-0.3, -0.25) is 9.69 Å². The molecular weight excluding hydrogens is 403 g/mol. The molecule has 2 aliphatic rings. The molecule has 5 nitrogen and oxygen atoms in total. The molecule has 2 aromatic carbocycles. The number of piperazine rings is 1. The lowest BCUT2D eigenvalue weighted by molar-refractivity contribution is -0.131. The van der Waals surface area contributed by atoms with Crippen molar-refractivity contribution in [3.63, 3.8) is 0 Å². The highest BCUT2D eigenvalue weighted by Gasteiger charge is 2.24. The maximum atomic E-state index is 13.5. The van der Waals surface area contributed by atoms with Crippen LogP contribution in [0, 0.1) is 5.82 Å². The number of hydrogen-bond acceptors (Lipinski definition) is 3. The van der Waals surface area contributed by atoms with E-state index in [9.17, 15) is 9.18 Å². The van der Waals surface area contributed by atoms with Crippen LogP contribution in [0.5, 0.6) is 0 Å². The van der Waals surface area contributed by atoms with Gasteiger partial charge in [-0.05, 0) is 60.7 Å². The molecule has 168 valence electrons. The molecule has 0 radical (unpaired) electrons. The van der Waals surface area contributed by atoms with Gasteiger partial charge in [0.25, 0.3) is 0 Å². The van der Waals surface area contributed by atoms with Crippen LogP contribution in [0.4, 0.5) is 4.39 Å². The first-order valence-corrected chi connectivity index (χ1v) is 11.8. The molecule has 0 atom stereocenters. The molecule has 0 aliphatic carbocycles. The van der Waals surface area contributed by atoms with E-state index in [2.05, 4.69) is 33.0 Å². The molecule has 0 saturated carbocycles. The van der Waals surface area contributed by atoms with Crippen molar-refractivity contribution in [2.45, 2.75) is 19.3 Å². The van der Waals surface area contributed by atoms with Crippen LogP contribution in [0.1, 0.15) is 18.4 Å². The van der Waals surface area contributed by atoms with E-state index in [1.807, 2.05) is 23.1 Å². The third-order valence-electron chi connectivity index (χ3n) is 6.91. The third-order valence-corrected chi connectivity index (χ3v) is 6.91. The largest absolute Gasteiger partial charge is 0.354 e. The number of fused-ring (bicyclic) bond motifs is 1. The molecular formula is C26H31FN4O. The van der Waals surface area contributed by atoms with Crippen molar-refractivity contribution in [3.8, 4) is 11.3 Å². The smallest absolute Gasteiger partial charge is 0.236 e. The number of amides is 1. The maximum absolute atomic E-state index is 13.5. The zero-order valence-electron chi connectivity index (χ0n) is 18.5. The molecule has 3 aromatic rings. The summed E-state index contributed by atoms with van der Waals surface area (Å²) in [6.45, 7) is 7.26. The second kappa shape index (κ2) is 9.43. The first-order valence-electron chi connectivity index (χ1n) is 11.8. The topological polar surface area (TPSA) is 42.6 Å². The summed E-state index contributed by atoms with van der Waals surface area (Å²) in [5, 5.41) is 1.24. The molecule has 1 aromatic heterocycles. The Morgan fingerprint density at radius 3 is 2.31 bits per heavy atom. The van der Waals surface area contributed by atoms with E-state index in [0.717, 1.165) is 81.8 Å². The predicted octanol–water partition coefficient (Wildman–Crippen LogP) is 3.76. The quantitative estimate of drug-likeness (QED) is 0.643. The Labute approximate surface area is 188 Å². The SMILES string of the molecule is O=C(CN1CCN(CCc2c(-c3ccc(F)cc3)[nH]c3ccccc23)CC1)N1CCCC1. The van der Waals surface area contributed by atoms with Gasteiger partial charge in [0.2, 0.25) is 5.91 Å². The van der Waals surface area contributed by atoms with Crippen LogP contribution in [0.3, 0.4) is 0 Å². The van der Waals surface area contributed by atoms with E-state index in [4.69, 9.17) is 0 Å². The van der Waals surface area contributed by atoms with Crippen LogP contribution in [-0.2, 0) is 11.2 Å². The van der Waals surface area contributed by atoms with Crippen LogP contribution < -0.4 is 0 Å². The second-order valence-electron chi connectivity index (χ2n) is 8.99. The summed E-state index contributed by atoms with van der Waals surface area (Å²) in [7, 11) is 0. The van der Waals surface area contributed by atoms with Gasteiger partial charge in [-0.15, -0.1) is 0 Å². The van der Waals surface area contributed by atoms with E-state index < -0.39 is 0 Å². The van der Waals surface area contributed by atoms with Gasteiger partial charge in [-0.2, -0.15) is 0 Å². The molecule has 1 amide bonds. The molecule has 3 heterocycles. The van der Waals surface area contributed by atoms with Crippen molar-refractivity contribution in [3.05, 3.63) is 59.9 Å². The Bertz CT molecular complexity index is 1060. The van der Waals surface area contributed by atoms with Gasteiger partial charge in [0.15, 0.2) is 0 Å². The van der Waals surface area contributed by atoms with E-state index in [-0.39, 0.29) is 5.82 Å². The first kappa shape index (κ1) is 21.2. The average Bonchev–Trinajstić information content (AvgIpc) is 3.48. The maximum Gasteiger partial charge on any atom is 0.236 e. The van der Waals surface area contributed by atoms with Crippen LogP contribution in [0.25, 0.3) is 22.2 Å². The number of likely N-dealkylation sites (tertiary alicyclic amines) is 1. The van der Waals surface area contributed by atoms with E-state index >= 15 is 0 Å². The van der Waals surface area contributed by atoms with Gasteiger partial charge in [-0.1, -0.05) is 18.2 Å². The summed E-state index contributed by atoms with van der Waals surface area (Å²) < 4.78 is 13.5. The fraction of sp³-hybridized carbons (Fsp3) is 0.423. The summed E-state index contributed by atoms with van der Waals surface area (Å²) in [5.41, 5.74) is 4.51. The highest BCUT2D eigenvalue weighted by molar-refractivity contribution is 5.90. The molecule has 2 aliphatic heterocycles. The van der Waals surface area contributed by atoms with Crippen molar-refractivity contribution in [1.29, 1.82) is 0 Å². The summed E-state index contributed by atoms with van der Waals surface area (Å²) in [5.74, 6) is 0.0752. The van der Waals surface area contributed by atoms with Gasteiger partial charge < -0.3 is 14.8 Å². The zero-order chi connectivity index (χ0) is 21.9. The number of aromatic nitrogens is 1. The lowest BCUT2D eigenvalue weighted by atomic mass is 10.0. The van der Waals surface area contributed by atoms with E-state index in [0.29, 0.717) is 12.5 Å². The Morgan fingerprint density at radius 2 is 1.56 bits per heavy atom. The number of para-hydroxylation sites is 1. The number of aromatic amines is 1. The van der Waals surface area contributed by atoms with Crippen molar-refractivity contribution in [1.82, 2.24) is 19.7 Å². The standard InChI is InChI=1S/C26H31FN4O/c27-21-9-7-20(8-10-21)26-23(22-5-1-2-6-24(22)28-26)11-14-29-15-17-30(18-16-29)19-25(32)31-12-3-4-13-31/h1-2,5-10,28H,3-4,11-19H2. The zero-order valence-corrected chi connectivity index (χ0v) is 18.5. The third kappa shape index (κ3) is 4.57. The van der Waals surface area contributed by atoms with Crippen molar-refractivity contribution < 1.29 is 9.18 Å². The number of nitrogens with one attached hydrogen (secondary N) is 1. The molecule has 2 fully saturated rings. The lowest BCUT2D eigenvalue weighted by Gasteiger charge is -2.35. The Kier molecular flexibility index (Phi) is 6.23. The van der Waals surface area contributed by atoms with Crippen molar-refractivity contribution in [2.75, 3.05) is 52.4 Å². The summed E-state index contributed by atoms with van der Waals surface area (Å²) >= 11 is 0. The minimum Gasteiger partial charge on any atom is -0.354 e. The Hall–Kier alpha value is -2.70. The minimum absolute atomic E-state index is 0.215. The minimum atomic E-state index is -0.215. The normalized spacial score (nSPS) is 18.0. The molecule has 32 heavy (non-hydrogen) atoms. The van der Waals surface area contributed by atoms with Crippen LogP contribution in [0.15, 0.2) is 48.5 Å². The summed E-state index contributed by atoms with van der Waals surface area (Å²) in [6, 6.07) is 15.1. The molecule has 1 N–H and O–H groups in total. The Morgan fingerprint density at radius 1 is 0.875 bits per heavy atom. The fourth-order valence-electron chi connectivity index (χ4n) is 5.02. The van der Waals surface area contributed by atoms with Crippen LogP contribution >= 0.6 is 0 Å². The van der Waals surface area contributed by atoms with Crippen LogP contribution in [-0.4, -0.2) is 77.9 Å². The van der Waals surface area contributed by atoms with Crippen molar-refractivity contribution >= 4 is 16.8 Å². The Balaban J connectivity index is 1.22. The monoisotopic (exact) mass is 434 g/mol. The number of carbonyl (C=O) groups excluding carboxylic acids is 1. The highest BCUT2D eigenvalue weighted by Crippen LogP contribution is 2.31. The number of rotatable bonds is 6. The second-order valence-corrected chi connectivity index (χ2v) is 8.99. The average molecular weight is 435 g/mol. The number of H-pyrrole nitrogens is 1. The number of halogens is 1. The van der Waals surface area contributed by atoms with E-state index in [1.165, 1.54) is 23.1 Å². The predicted molar refractivity (Wildman–Crippen MR) is 126 cm³/mol. The van der Waals surface area contributed by atoms with Crippen molar-refractivity contribution in [2.24, 2.45) is 0 Å². The molecule has 2 saturated heterocycles. The molecule has 0 unspecified atom stereocenters. The first-order chi connectivity index (χ1) is 15.7. The van der Waals surface area contributed by atoms with Crippen LogP contribution in [0.2, 0.25) is 0 Å². The number of carbonyl (C=O) groups is 1. The molecule has 6 heteroatoms.